The number of Topliss-reactive ketones (excluding diaryl/α,β-unsaturated/α-hetero) is 1. The minimum atomic E-state index is -0.368. The van der Waals surface area contributed by atoms with Crippen LogP contribution in [-0.4, -0.2) is 15.8 Å². The van der Waals surface area contributed by atoms with E-state index < -0.39 is 0 Å². The molecule has 5 heteroatoms. The summed E-state index contributed by atoms with van der Waals surface area (Å²) in [5.74, 6) is -0.368. The van der Waals surface area contributed by atoms with E-state index in [1.807, 2.05) is 44.2 Å². The fourth-order valence-corrected chi connectivity index (χ4v) is 3.28. The van der Waals surface area contributed by atoms with Crippen molar-refractivity contribution in [2.24, 2.45) is 0 Å². The van der Waals surface area contributed by atoms with Crippen LogP contribution in [0, 0.1) is 31.8 Å². The molecule has 3 aromatic rings. The summed E-state index contributed by atoms with van der Waals surface area (Å²) in [6.07, 6.45) is 0. The van der Waals surface area contributed by atoms with Crippen LogP contribution in [0.2, 0.25) is 0 Å². The van der Waals surface area contributed by atoms with Gasteiger partial charge in [0.25, 0.3) is 5.70 Å². The number of hydrogen-bond donors (Lipinski definition) is 0. The Morgan fingerprint density at radius 2 is 1.64 bits per heavy atom. The first-order chi connectivity index (χ1) is 13.5. The molecule has 1 aromatic carbocycles. The van der Waals surface area contributed by atoms with Gasteiger partial charge >= 0.3 is 0 Å². The van der Waals surface area contributed by atoms with Gasteiger partial charge in [-0.15, -0.1) is 0 Å². The molecule has 1 aliphatic rings. The van der Waals surface area contributed by atoms with Gasteiger partial charge in [-0.25, -0.2) is 15.1 Å². The molecule has 0 unspecified atom stereocenters. The second kappa shape index (κ2) is 6.57. The fourth-order valence-electron chi connectivity index (χ4n) is 3.28. The Labute approximate surface area is 162 Å². The number of rotatable bonds is 1. The van der Waals surface area contributed by atoms with Gasteiger partial charge in [0.15, 0.2) is 5.78 Å². The van der Waals surface area contributed by atoms with E-state index in [-0.39, 0.29) is 17.1 Å². The van der Waals surface area contributed by atoms with Crippen LogP contribution in [0.15, 0.2) is 54.2 Å². The molecule has 0 radical (unpaired) electrons. The molecular weight excluding hydrogens is 348 g/mol. The lowest BCUT2D eigenvalue weighted by Gasteiger charge is -2.21. The first kappa shape index (κ1) is 17.3. The molecule has 0 bridgehead atoms. The third-order valence-corrected chi connectivity index (χ3v) is 4.70. The highest BCUT2D eigenvalue weighted by Crippen LogP contribution is 2.39. The van der Waals surface area contributed by atoms with Crippen molar-refractivity contribution in [2.45, 2.75) is 13.8 Å². The van der Waals surface area contributed by atoms with Gasteiger partial charge in [0.1, 0.15) is 5.69 Å². The zero-order valence-corrected chi connectivity index (χ0v) is 15.3. The summed E-state index contributed by atoms with van der Waals surface area (Å²) >= 11 is 0. The molecule has 4 rings (SSSR count). The van der Waals surface area contributed by atoms with E-state index in [9.17, 15) is 10.1 Å². The van der Waals surface area contributed by atoms with E-state index in [4.69, 9.17) is 11.6 Å². The summed E-state index contributed by atoms with van der Waals surface area (Å²) in [5, 5.41) is 9.36. The zero-order chi connectivity index (χ0) is 19.8. The lowest BCUT2D eigenvalue weighted by molar-refractivity contribution is 0.105. The number of carbonyl (C=O) groups is 1. The molecule has 0 saturated heterocycles. The second-order valence-corrected chi connectivity index (χ2v) is 6.58. The maximum absolute atomic E-state index is 13.0. The smallest absolute Gasteiger partial charge is 0.273 e. The highest BCUT2D eigenvalue weighted by Gasteiger charge is 2.32. The topological polar surface area (TPSA) is 71.0 Å². The van der Waals surface area contributed by atoms with Crippen LogP contribution in [0.25, 0.3) is 33.1 Å². The standard InChI is InChI=1S/C23H14N4O/c1-13-4-7-15(8-5-13)18-11-10-16-20(19(12-24)25-3)23(28)17-9-6-14(2)26-22(17)21(16)27-18/h4-11H,1-2H3/b20-19-. The normalized spacial score (nSPS) is 13.8. The Morgan fingerprint density at radius 1 is 0.964 bits per heavy atom. The highest BCUT2D eigenvalue weighted by atomic mass is 16.1. The maximum Gasteiger partial charge on any atom is 0.273 e. The molecule has 1 aliphatic carbocycles. The van der Waals surface area contributed by atoms with Crippen LogP contribution in [-0.2, 0) is 0 Å². The van der Waals surface area contributed by atoms with Gasteiger partial charge in [0.05, 0.1) is 24.0 Å². The molecule has 0 aliphatic heterocycles. The third-order valence-electron chi connectivity index (χ3n) is 4.70. The number of carbonyl (C=O) groups excluding carboxylic acids is 1. The molecule has 0 spiro atoms. The van der Waals surface area contributed by atoms with E-state index in [2.05, 4.69) is 9.83 Å². The predicted octanol–water partition coefficient (Wildman–Crippen LogP) is 4.78. The van der Waals surface area contributed by atoms with Gasteiger partial charge in [-0.3, -0.25) is 9.78 Å². The largest absolute Gasteiger partial charge is 0.290 e. The molecule has 0 atom stereocenters. The molecule has 5 nitrogen and oxygen atoms in total. The molecule has 28 heavy (non-hydrogen) atoms. The number of nitriles is 1. The van der Waals surface area contributed by atoms with Crippen molar-refractivity contribution in [1.29, 1.82) is 5.26 Å². The summed E-state index contributed by atoms with van der Waals surface area (Å²) in [6.45, 7) is 11.2. The minimum absolute atomic E-state index is 0.0913. The average molecular weight is 362 g/mol. The Balaban J connectivity index is 2.04. The van der Waals surface area contributed by atoms with Crippen LogP contribution in [0.4, 0.5) is 0 Å². The van der Waals surface area contributed by atoms with E-state index >= 15 is 0 Å². The van der Waals surface area contributed by atoms with Crippen molar-refractivity contribution >= 4 is 11.4 Å². The van der Waals surface area contributed by atoms with E-state index in [1.54, 1.807) is 24.3 Å². The summed E-state index contributed by atoms with van der Waals surface area (Å²) < 4.78 is 0. The number of hydrogen-bond acceptors (Lipinski definition) is 4. The predicted molar refractivity (Wildman–Crippen MR) is 106 cm³/mol. The number of ketones is 1. The molecular formula is C23H14N4O. The van der Waals surface area contributed by atoms with Crippen LogP contribution < -0.4 is 0 Å². The van der Waals surface area contributed by atoms with Gasteiger partial charge in [-0.1, -0.05) is 35.9 Å². The van der Waals surface area contributed by atoms with Crippen molar-refractivity contribution in [3.8, 4) is 28.7 Å². The second-order valence-electron chi connectivity index (χ2n) is 6.58. The van der Waals surface area contributed by atoms with Crippen molar-refractivity contribution in [2.75, 3.05) is 0 Å². The number of nitrogens with zero attached hydrogens (tertiary/aromatic N) is 4. The first-order valence-corrected chi connectivity index (χ1v) is 8.66. The van der Waals surface area contributed by atoms with Crippen LogP contribution in [0.3, 0.4) is 0 Å². The van der Waals surface area contributed by atoms with Gasteiger partial charge in [-0.2, -0.15) is 0 Å². The number of aromatic nitrogens is 2. The molecule has 0 amide bonds. The summed E-state index contributed by atoms with van der Waals surface area (Å²) in [4.78, 5) is 25.6. The van der Waals surface area contributed by atoms with Crippen LogP contribution in [0.5, 0.6) is 0 Å². The maximum atomic E-state index is 13.0. The minimum Gasteiger partial charge on any atom is -0.290 e. The van der Waals surface area contributed by atoms with Crippen LogP contribution >= 0.6 is 0 Å². The zero-order valence-electron chi connectivity index (χ0n) is 15.3. The highest BCUT2D eigenvalue weighted by molar-refractivity contribution is 6.35. The van der Waals surface area contributed by atoms with Gasteiger partial charge in [-0.05, 0) is 32.0 Å². The molecule has 2 heterocycles. The summed E-state index contributed by atoms with van der Waals surface area (Å²) in [7, 11) is 0. The quantitative estimate of drug-likeness (QED) is 0.355. The summed E-state index contributed by atoms with van der Waals surface area (Å²) in [6, 6.07) is 16.8. The van der Waals surface area contributed by atoms with E-state index in [0.29, 0.717) is 22.5 Å². The van der Waals surface area contributed by atoms with Gasteiger partial charge in [0, 0.05) is 28.0 Å². The Hall–Kier alpha value is -4.09. The van der Waals surface area contributed by atoms with Crippen molar-refractivity contribution < 1.29 is 4.79 Å². The number of aryl methyl sites for hydroxylation is 2. The lowest BCUT2D eigenvalue weighted by atomic mass is 9.85. The number of allylic oxidation sites excluding steroid dienone is 2. The van der Waals surface area contributed by atoms with Crippen LogP contribution in [0.1, 0.15) is 27.2 Å². The van der Waals surface area contributed by atoms with Crippen molar-refractivity contribution in [1.82, 2.24) is 9.97 Å². The Bertz CT molecular complexity index is 1240. The monoisotopic (exact) mass is 362 g/mol. The Morgan fingerprint density at radius 3 is 2.32 bits per heavy atom. The fraction of sp³-hybridized carbons (Fsp3) is 0.0870. The lowest BCUT2D eigenvalue weighted by Crippen LogP contribution is -2.16. The Kier molecular flexibility index (Phi) is 4.07. The summed E-state index contributed by atoms with van der Waals surface area (Å²) in [5.41, 5.74) is 5.28. The average Bonchev–Trinajstić information content (AvgIpc) is 2.71. The van der Waals surface area contributed by atoms with E-state index in [1.165, 1.54) is 0 Å². The molecule has 0 fully saturated rings. The van der Waals surface area contributed by atoms with Gasteiger partial charge < -0.3 is 0 Å². The number of benzene rings is 1. The van der Waals surface area contributed by atoms with Gasteiger partial charge in [0.2, 0.25) is 0 Å². The molecule has 2 aromatic heterocycles. The van der Waals surface area contributed by atoms with Crippen molar-refractivity contribution in [3.05, 3.63) is 88.0 Å². The number of fused-ring (bicyclic) bond motifs is 3. The number of pyridine rings is 2. The molecule has 0 N–H and O–H groups in total. The first-order valence-electron chi connectivity index (χ1n) is 8.66. The molecule has 0 saturated carbocycles. The molecule has 132 valence electrons. The third kappa shape index (κ3) is 2.67. The SMILES string of the molecule is [C-]#[N+]/C(C#N)=C1\C(=O)c2ccc(C)nc2-c2nc(-c3ccc(C)cc3)ccc21. The van der Waals surface area contributed by atoms with E-state index in [0.717, 1.165) is 22.5 Å². The van der Waals surface area contributed by atoms with Crippen molar-refractivity contribution in [3.63, 3.8) is 0 Å².